The second-order valence-electron chi connectivity index (χ2n) is 5.35. The molecular formula is C19H17FN2O3. The molecule has 5 nitrogen and oxygen atoms in total. The highest BCUT2D eigenvalue weighted by atomic mass is 19.1. The number of benzene rings is 2. The van der Waals surface area contributed by atoms with Crippen molar-refractivity contribution in [2.45, 2.75) is 6.92 Å². The summed E-state index contributed by atoms with van der Waals surface area (Å²) in [5, 5.41) is 4.21. The van der Waals surface area contributed by atoms with E-state index in [4.69, 9.17) is 9.47 Å². The van der Waals surface area contributed by atoms with Crippen LogP contribution in [0.2, 0.25) is 0 Å². The van der Waals surface area contributed by atoms with Crippen LogP contribution >= 0.6 is 0 Å². The topological polar surface area (TPSA) is 53.4 Å². The van der Waals surface area contributed by atoms with Gasteiger partial charge in [0, 0.05) is 11.9 Å². The van der Waals surface area contributed by atoms with Gasteiger partial charge in [-0.2, -0.15) is 5.10 Å². The van der Waals surface area contributed by atoms with Gasteiger partial charge in [-0.1, -0.05) is 12.1 Å². The second-order valence-corrected chi connectivity index (χ2v) is 5.35. The van der Waals surface area contributed by atoms with Crippen LogP contribution in [0, 0.1) is 12.7 Å². The molecule has 6 heteroatoms. The van der Waals surface area contributed by atoms with Gasteiger partial charge in [0.2, 0.25) is 0 Å². The van der Waals surface area contributed by atoms with Gasteiger partial charge in [-0.05, 0) is 49.4 Å². The van der Waals surface area contributed by atoms with Crippen molar-refractivity contribution in [3.63, 3.8) is 0 Å². The largest absolute Gasteiger partial charge is 0.487 e. The molecule has 0 fully saturated rings. The average molecular weight is 340 g/mol. The molecule has 1 aromatic heterocycles. The molecule has 0 saturated heterocycles. The van der Waals surface area contributed by atoms with Crippen LogP contribution in [0.4, 0.5) is 4.39 Å². The summed E-state index contributed by atoms with van der Waals surface area (Å²) in [6.07, 6.45) is 1.72. The smallest absolute Gasteiger partial charge is 0.338 e. The van der Waals surface area contributed by atoms with Gasteiger partial charge in [0.05, 0.1) is 11.3 Å². The molecule has 128 valence electrons. The molecule has 3 aromatic rings. The maximum absolute atomic E-state index is 13.4. The number of halogens is 1. The molecule has 0 aliphatic heterocycles. The number of para-hydroxylation sites is 1. The van der Waals surface area contributed by atoms with E-state index in [2.05, 4.69) is 5.10 Å². The molecular weight excluding hydrogens is 323 g/mol. The van der Waals surface area contributed by atoms with Gasteiger partial charge in [-0.25, -0.2) is 13.9 Å². The van der Waals surface area contributed by atoms with E-state index in [1.54, 1.807) is 47.3 Å². The van der Waals surface area contributed by atoms with Crippen molar-refractivity contribution in [1.82, 2.24) is 9.78 Å². The lowest BCUT2D eigenvalue weighted by Gasteiger charge is -2.09. The zero-order valence-electron chi connectivity index (χ0n) is 13.7. The van der Waals surface area contributed by atoms with Crippen LogP contribution in [0.5, 0.6) is 5.75 Å². The summed E-state index contributed by atoms with van der Waals surface area (Å²) in [6.45, 7) is 2.06. The maximum Gasteiger partial charge on any atom is 0.338 e. The van der Waals surface area contributed by atoms with Crippen molar-refractivity contribution >= 4 is 5.97 Å². The molecule has 2 aromatic carbocycles. The van der Waals surface area contributed by atoms with Gasteiger partial charge in [-0.15, -0.1) is 0 Å². The first-order chi connectivity index (χ1) is 12.1. The van der Waals surface area contributed by atoms with E-state index in [1.165, 1.54) is 12.1 Å². The molecule has 0 atom stereocenters. The highest BCUT2D eigenvalue weighted by molar-refractivity contribution is 5.89. The van der Waals surface area contributed by atoms with Crippen LogP contribution in [-0.2, 0) is 4.74 Å². The molecule has 0 aliphatic carbocycles. The van der Waals surface area contributed by atoms with Crippen LogP contribution in [0.25, 0.3) is 5.69 Å². The molecule has 0 unspecified atom stereocenters. The van der Waals surface area contributed by atoms with Gasteiger partial charge < -0.3 is 9.47 Å². The van der Waals surface area contributed by atoms with Crippen molar-refractivity contribution in [2.24, 2.45) is 0 Å². The zero-order valence-corrected chi connectivity index (χ0v) is 13.7. The molecule has 0 amide bonds. The van der Waals surface area contributed by atoms with E-state index in [-0.39, 0.29) is 19.0 Å². The predicted molar refractivity (Wildman–Crippen MR) is 90.5 cm³/mol. The first-order valence-electron chi connectivity index (χ1n) is 7.80. The normalized spacial score (nSPS) is 10.5. The van der Waals surface area contributed by atoms with Crippen LogP contribution < -0.4 is 4.74 Å². The lowest BCUT2D eigenvalue weighted by Crippen LogP contribution is -2.13. The second kappa shape index (κ2) is 7.61. The fraction of sp³-hybridized carbons (Fsp3) is 0.158. The molecule has 0 saturated carbocycles. The van der Waals surface area contributed by atoms with Crippen LogP contribution in [0.3, 0.4) is 0 Å². The Morgan fingerprint density at radius 2 is 1.84 bits per heavy atom. The molecule has 3 rings (SSSR count). The highest BCUT2D eigenvalue weighted by Crippen LogP contribution is 2.15. The Morgan fingerprint density at radius 3 is 2.52 bits per heavy atom. The van der Waals surface area contributed by atoms with Crippen molar-refractivity contribution < 1.29 is 18.7 Å². The Bertz CT molecular complexity index is 859. The quantitative estimate of drug-likeness (QED) is 0.509. The Hall–Kier alpha value is -3.15. The van der Waals surface area contributed by atoms with E-state index in [0.29, 0.717) is 5.56 Å². The number of aromatic nitrogens is 2. The Kier molecular flexibility index (Phi) is 5.09. The van der Waals surface area contributed by atoms with E-state index < -0.39 is 11.8 Å². The number of carbonyl (C=O) groups is 1. The number of carbonyl (C=O) groups excluding carboxylic acids is 1. The summed E-state index contributed by atoms with van der Waals surface area (Å²) in [5.41, 5.74) is 2.29. The lowest BCUT2D eigenvalue weighted by molar-refractivity contribution is 0.0448. The Balaban J connectivity index is 1.52. The molecule has 0 spiro atoms. The number of esters is 1. The summed E-state index contributed by atoms with van der Waals surface area (Å²) < 4.78 is 25.5. The first kappa shape index (κ1) is 16.7. The van der Waals surface area contributed by atoms with Gasteiger partial charge in [0.25, 0.3) is 0 Å². The summed E-state index contributed by atoms with van der Waals surface area (Å²) in [7, 11) is 0. The van der Waals surface area contributed by atoms with Crippen molar-refractivity contribution in [2.75, 3.05) is 13.2 Å². The lowest BCUT2D eigenvalue weighted by atomic mass is 10.2. The number of aryl methyl sites for hydroxylation is 1. The number of rotatable bonds is 6. The standard InChI is InChI=1S/C19H17FN2O3/c1-14-10-11-21-22(14)16-8-6-15(7-9-16)19(23)25-13-12-24-18-5-3-2-4-17(18)20/h2-11H,12-13H2,1H3. The number of ether oxygens (including phenoxy) is 2. The number of hydrogen-bond acceptors (Lipinski definition) is 4. The van der Waals surface area contributed by atoms with E-state index in [9.17, 15) is 9.18 Å². The van der Waals surface area contributed by atoms with Crippen molar-refractivity contribution in [3.8, 4) is 11.4 Å². The Labute approximate surface area is 144 Å². The van der Waals surface area contributed by atoms with Gasteiger partial charge >= 0.3 is 5.97 Å². The fourth-order valence-electron chi connectivity index (χ4n) is 2.31. The molecule has 25 heavy (non-hydrogen) atoms. The van der Waals surface area contributed by atoms with Crippen LogP contribution in [0.15, 0.2) is 60.8 Å². The molecule has 0 radical (unpaired) electrons. The molecule has 1 heterocycles. The fourth-order valence-corrected chi connectivity index (χ4v) is 2.31. The third-order valence-electron chi connectivity index (χ3n) is 3.59. The molecule has 0 bridgehead atoms. The number of nitrogens with zero attached hydrogens (tertiary/aromatic N) is 2. The van der Waals surface area contributed by atoms with E-state index in [0.717, 1.165) is 11.4 Å². The summed E-state index contributed by atoms with van der Waals surface area (Å²) in [4.78, 5) is 12.0. The van der Waals surface area contributed by atoms with Crippen LogP contribution in [0.1, 0.15) is 16.1 Å². The summed E-state index contributed by atoms with van der Waals surface area (Å²) in [5.74, 6) is -0.767. The van der Waals surface area contributed by atoms with Gasteiger partial charge in [0.15, 0.2) is 11.6 Å². The van der Waals surface area contributed by atoms with E-state index in [1.807, 2.05) is 13.0 Å². The van der Waals surface area contributed by atoms with E-state index >= 15 is 0 Å². The molecule has 0 N–H and O–H groups in total. The minimum Gasteiger partial charge on any atom is -0.487 e. The predicted octanol–water partition coefficient (Wildman–Crippen LogP) is 3.56. The Morgan fingerprint density at radius 1 is 1.08 bits per heavy atom. The van der Waals surface area contributed by atoms with Crippen LogP contribution in [-0.4, -0.2) is 29.0 Å². The highest BCUT2D eigenvalue weighted by Gasteiger charge is 2.09. The minimum absolute atomic E-state index is 0.0349. The third-order valence-corrected chi connectivity index (χ3v) is 3.59. The zero-order chi connectivity index (χ0) is 17.6. The third kappa shape index (κ3) is 4.03. The maximum atomic E-state index is 13.4. The molecule has 0 aliphatic rings. The van der Waals surface area contributed by atoms with Gasteiger partial charge in [0.1, 0.15) is 13.2 Å². The van der Waals surface area contributed by atoms with Crippen molar-refractivity contribution in [3.05, 3.63) is 77.9 Å². The summed E-state index contributed by atoms with van der Waals surface area (Å²) in [6, 6.07) is 14.9. The summed E-state index contributed by atoms with van der Waals surface area (Å²) >= 11 is 0. The monoisotopic (exact) mass is 340 g/mol. The average Bonchev–Trinajstić information content (AvgIpc) is 3.06. The van der Waals surface area contributed by atoms with Crippen molar-refractivity contribution in [1.29, 1.82) is 0 Å². The first-order valence-corrected chi connectivity index (χ1v) is 7.80. The SMILES string of the molecule is Cc1ccnn1-c1ccc(C(=O)OCCOc2ccccc2F)cc1. The number of hydrogen-bond donors (Lipinski definition) is 0. The van der Waals surface area contributed by atoms with Gasteiger partial charge in [-0.3, -0.25) is 0 Å². The minimum atomic E-state index is -0.458.